The van der Waals surface area contributed by atoms with Gasteiger partial charge in [-0.1, -0.05) is 0 Å². The smallest absolute Gasteiger partial charge is 0.394 e. The van der Waals surface area contributed by atoms with Gasteiger partial charge in [0.1, 0.15) is 0 Å². The molecule has 0 heterocycles. The van der Waals surface area contributed by atoms with Gasteiger partial charge in [-0.2, -0.15) is 8.42 Å². The molecule has 9 heavy (non-hydrogen) atoms. The van der Waals surface area contributed by atoms with Crippen molar-refractivity contribution in [3.63, 3.8) is 0 Å². The first kappa shape index (κ1) is 31.3. The van der Waals surface area contributed by atoms with Crippen LogP contribution in [-0.4, -0.2) is 23.0 Å². The van der Waals surface area contributed by atoms with E-state index in [2.05, 4.69) is 0 Å². The second kappa shape index (κ2) is 12.2. The Labute approximate surface area is 86.6 Å². The van der Waals surface area contributed by atoms with E-state index in [0.29, 0.717) is 0 Å². The molecule has 0 saturated carbocycles. The Kier molecular flexibility index (Phi) is 42.5. The van der Waals surface area contributed by atoms with Crippen LogP contribution in [0, 0.1) is 0 Å². The molecule has 0 aliphatic heterocycles. The number of rotatable bonds is 0. The summed E-state index contributed by atoms with van der Waals surface area (Å²) >= 11 is 0. The molecule has 9 heteroatoms. The molecule has 0 aliphatic rings. The molecule has 0 rings (SSSR count). The van der Waals surface area contributed by atoms with Crippen LogP contribution in [0.1, 0.15) is 0 Å². The Morgan fingerprint density at radius 2 is 1.11 bits per heavy atom. The van der Waals surface area contributed by atoms with E-state index < -0.39 is 10.4 Å². The van der Waals surface area contributed by atoms with Crippen LogP contribution < -0.4 is 0 Å². The molecular formula is H4FeMnO5SZn. The molecular weight excluding hydrogens is 288 g/mol. The van der Waals surface area contributed by atoms with Crippen LogP contribution in [-0.2, 0) is 64.0 Å². The van der Waals surface area contributed by atoms with E-state index in [-0.39, 0.29) is 59.1 Å². The molecule has 0 saturated heterocycles. The minimum atomic E-state index is -4.67. The molecule has 0 aliphatic carbocycles. The Balaban J connectivity index is -0.0000000133. The van der Waals surface area contributed by atoms with E-state index in [4.69, 9.17) is 17.5 Å². The summed E-state index contributed by atoms with van der Waals surface area (Å²) in [6.07, 6.45) is 0. The van der Waals surface area contributed by atoms with Crippen molar-refractivity contribution in [3.8, 4) is 0 Å². The maximum Gasteiger partial charge on any atom is 0.394 e. The number of hydrogen-bond donors (Lipinski definition) is 2. The van der Waals surface area contributed by atoms with E-state index in [1.165, 1.54) is 0 Å². The maximum atomic E-state index is 8.74. The molecule has 0 bridgehead atoms. The van der Waals surface area contributed by atoms with Gasteiger partial charge in [0.15, 0.2) is 0 Å². The van der Waals surface area contributed by atoms with Gasteiger partial charge in [-0.25, -0.2) is 0 Å². The molecule has 0 amide bonds. The van der Waals surface area contributed by atoms with Crippen molar-refractivity contribution in [2.75, 3.05) is 0 Å². The molecule has 4 N–H and O–H groups in total. The van der Waals surface area contributed by atoms with Crippen LogP contribution in [0.15, 0.2) is 0 Å². The third-order valence-corrected chi connectivity index (χ3v) is 0. The van der Waals surface area contributed by atoms with E-state index in [9.17, 15) is 0 Å². The zero-order valence-corrected chi connectivity index (χ0v) is 10.1. The number of hydrogen-bond acceptors (Lipinski definition) is 2. The van der Waals surface area contributed by atoms with Gasteiger partial charge in [0.25, 0.3) is 0 Å². The first-order valence-corrected chi connectivity index (χ1v) is 2.10. The topological polar surface area (TPSA) is 106 Å². The fraction of sp³-hybridized carbons (Fsp3) is 0. The quantitative estimate of drug-likeness (QED) is 0.419. The van der Waals surface area contributed by atoms with Crippen LogP contribution >= 0.6 is 0 Å². The van der Waals surface area contributed by atoms with Gasteiger partial charge in [-0.3, -0.25) is 9.11 Å². The standard InChI is InChI=1S/Fe.Mn.H2O4S.H2O.Zn/c;;1-5(2,3)4;;/h;;(H2,1,2,3,4);1H2;. The summed E-state index contributed by atoms with van der Waals surface area (Å²) in [6, 6.07) is 0. The molecule has 0 unspecified atom stereocenters. The second-order valence-electron chi connectivity index (χ2n) is 0.448. The van der Waals surface area contributed by atoms with Crippen molar-refractivity contribution < 1.29 is 76.6 Å². The van der Waals surface area contributed by atoms with E-state index in [0.717, 1.165) is 0 Å². The Morgan fingerprint density at radius 3 is 1.11 bits per heavy atom. The maximum absolute atomic E-state index is 8.74. The molecule has 0 fully saturated rings. The van der Waals surface area contributed by atoms with Crippen LogP contribution in [0.2, 0.25) is 0 Å². The summed E-state index contributed by atoms with van der Waals surface area (Å²) in [6.45, 7) is 0. The minimum absolute atomic E-state index is 0. The summed E-state index contributed by atoms with van der Waals surface area (Å²) < 4.78 is 31.6. The predicted octanol–water partition coefficient (Wildman–Crippen LogP) is -1.48. The van der Waals surface area contributed by atoms with Gasteiger partial charge < -0.3 is 5.48 Å². The average molecular weight is 292 g/mol. The normalized spacial score (nSPS) is 6.44. The SMILES string of the molecule is O.O=S(=O)(O)O.[Fe].[Mn].[Zn]. The molecule has 57 valence electrons. The zero-order chi connectivity index (χ0) is 4.50. The Bertz CT molecular complexity index is 100. The summed E-state index contributed by atoms with van der Waals surface area (Å²) in [5.41, 5.74) is 0. The van der Waals surface area contributed by atoms with E-state index in [1.807, 2.05) is 0 Å². The first-order chi connectivity index (χ1) is 2.00. The third-order valence-electron chi connectivity index (χ3n) is 0. The summed E-state index contributed by atoms with van der Waals surface area (Å²) in [5, 5.41) is 0. The van der Waals surface area contributed by atoms with Gasteiger partial charge in [-0.15, -0.1) is 0 Å². The molecule has 0 aromatic rings. The van der Waals surface area contributed by atoms with Gasteiger partial charge in [-0.05, 0) is 0 Å². The van der Waals surface area contributed by atoms with Gasteiger partial charge in [0.05, 0.1) is 0 Å². The van der Waals surface area contributed by atoms with Crippen molar-refractivity contribution in [1.82, 2.24) is 0 Å². The first-order valence-electron chi connectivity index (χ1n) is 0.698. The van der Waals surface area contributed by atoms with Crippen molar-refractivity contribution >= 4 is 10.4 Å². The summed E-state index contributed by atoms with van der Waals surface area (Å²) in [4.78, 5) is 0. The average Bonchev–Trinajstić information content (AvgIpc) is 0.722. The largest absolute Gasteiger partial charge is 0.412 e. The summed E-state index contributed by atoms with van der Waals surface area (Å²) in [7, 11) is -4.67. The molecule has 0 atom stereocenters. The van der Waals surface area contributed by atoms with Crippen molar-refractivity contribution in [3.05, 3.63) is 0 Å². The van der Waals surface area contributed by atoms with Gasteiger partial charge >= 0.3 is 10.4 Å². The Morgan fingerprint density at radius 1 is 1.11 bits per heavy atom. The summed E-state index contributed by atoms with van der Waals surface area (Å²) in [5.74, 6) is 0. The van der Waals surface area contributed by atoms with Gasteiger partial charge in [0.2, 0.25) is 0 Å². The van der Waals surface area contributed by atoms with Crippen molar-refractivity contribution in [2.45, 2.75) is 0 Å². The minimum Gasteiger partial charge on any atom is -0.412 e. The monoisotopic (exact) mass is 291 g/mol. The van der Waals surface area contributed by atoms with Gasteiger partial charge in [0, 0.05) is 53.6 Å². The van der Waals surface area contributed by atoms with E-state index >= 15 is 0 Å². The van der Waals surface area contributed by atoms with Crippen molar-refractivity contribution in [2.24, 2.45) is 0 Å². The third kappa shape index (κ3) is 239. The molecule has 0 aromatic heterocycles. The molecule has 1 radical (unpaired) electrons. The molecule has 5 nitrogen and oxygen atoms in total. The van der Waals surface area contributed by atoms with Crippen LogP contribution in [0.5, 0.6) is 0 Å². The molecule has 0 spiro atoms. The Hall–Kier alpha value is 1.49. The second-order valence-corrected chi connectivity index (χ2v) is 1.34. The predicted molar refractivity (Wildman–Crippen MR) is 17.8 cm³/mol. The molecule has 0 aromatic carbocycles. The van der Waals surface area contributed by atoms with Crippen LogP contribution in [0.4, 0.5) is 0 Å². The van der Waals surface area contributed by atoms with E-state index in [1.54, 1.807) is 0 Å². The zero-order valence-electron chi connectivity index (χ0n) is 4.06. The van der Waals surface area contributed by atoms with Crippen LogP contribution in [0.3, 0.4) is 0 Å². The fourth-order valence-corrected chi connectivity index (χ4v) is 0. The fourth-order valence-electron chi connectivity index (χ4n) is 0. The van der Waals surface area contributed by atoms with Crippen molar-refractivity contribution in [1.29, 1.82) is 0 Å². The van der Waals surface area contributed by atoms with Crippen LogP contribution in [0.25, 0.3) is 0 Å².